The van der Waals surface area contributed by atoms with Crippen molar-refractivity contribution >= 4 is 11.7 Å². The summed E-state index contributed by atoms with van der Waals surface area (Å²) in [6.07, 6.45) is 4.94. The van der Waals surface area contributed by atoms with E-state index in [0.29, 0.717) is 29.4 Å². The maximum Gasteiger partial charge on any atom is 0.258 e. The predicted octanol–water partition coefficient (Wildman–Crippen LogP) is 3.50. The molecule has 0 saturated heterocycles. The first-order chi connectivity index (χ1) is 11.8. The molecule has 1 fully saturated rings. The third-order valence-electron chi connectivity index (χ3n) is 5.05. The molecule has 1 amide bonds. The molecule has 0 spiro atoms. The molecule has 1 N–H and O–H groups in total. The molecule has 0 radical (unpaired) electrons. The maximum absolute atomic E-state index is 12.3. The average Bonchev–Trinajstić information content (AvgIpc) is 2.54. The molecule has 5 heteroatoms. The molecule has 3 rings (SSSR count). The van der Waals surface area contributed by atoms with E-state index in [1.807, 2.05) is 13.8 Å². The van der Waals surface area contributed by atoms with Crippen LogP contribution >= 0.6 is 0 Å². The summed E-state index contributed by atoms with van der Waals surface area (Å²) in [6, 6.07) is 5.39. The first kappa shape index (κ1) is 17.8. The second kappa shape index (κ2) is 7.06. The average molecular weight is 345 g/mol. The first-order valence-electron chi connectivity index (χ1n) is 9.12. The van der Waals surface area contributed by atoms with Gasteiger partial charge in [-0.2, -0.15) is 0 Å². The summed E-state index contributed by atoms with van der Waals surface area (Å²) in [4.78, 5) is 24.4. The Morgan fingerprint density at radius 2 is 2.08 bits per heavy atom. The number of fused-ring (bicyclic) bond motifs is 1. The van der Waals surface area contributed by atoms with E-state index in [1.54, 1.807) is 18.2 Å². The quantitative estimate of drug-likeness (QED) is 0.907. The summed E-state index contributed by atoms with van der Waals surface area (Å²) in [5.74, 6) is 1.54. The number of Topliss-reactive ketones (excluding diaryl/α,β-unsaturated/α-hetero) is 1. The normalized spacial score (nSPS) is 24.8. The number of carbonyl (C=O) groups excluding carboxylic acids is 2. The fraction of sp³-hybridized carbons (Fsp3) is 0.600. The second-order valence-corrected chi connectivity index (χ2v) is 7.84. The highest BCUT2D eigenvalue weighted by atomic mass is 16.5. The van der Waals surface area contributed by atoms with Crippen molar-refractivity contribution in [2.24, 2.45) is 5.92 Å². The zero-order chi connectivity index (χ0) is 18.0. The van der Waals surface area contributed by atoms with Crippen LogP contribution in [0.4, 0.5) is 0 Å². The van der Waals surface area contributed by atoms with E-state index in [4.69, 9.17) is 9.47 Å². The van der Waals surface area contributed by atoms with Gasteiger partial charge in [0.15, 0.2) is 12.4 Å². The second-order valence-electron chi connectivity index (χ2n) is 7.84. The van der Waals surface area contributed by atoms with Crippen LogP contribution in [0.2, 0.25) is 0 Å². The van der Waals surface area contributed by atoms with Gasteiger partial charge in [0, 0.05) is 6.04 Å². The number of carbonyl (C=O) groups is 2. The lowest BCUT2D eigenvalue weighted by atomic mass is 9.86. The predicted molar refractivity (Wildman–Crippen MR) is 95.2 cm³/mol. The smallest absolute Gasteiger partial charge is 0.258 e. The molecule has 0 bridgehead atoms. The van der Waals surface area contributed by atoms with Crippen LogP contribution in [0.3, 0.4) is 0 Å². The fourth-order valence-corrected chi connectivity index (χ4v) is 3.65. The lowest BCUT2D eigenvalue weighted by molar-refractivity contribution is -0.124. The molecule has 1 aliphatic carbocycles. The Morgan fingerprint density at radius 1 is 1.32 bits per heavy atom. The van der Waals surface area contributed by atoms with Crippen LogP contribution < -0.4 is 14.8 Å². The van der Waals surface area contributed by atoms with Crippen molar-refractivity contribution in [2.45, 2.75) is 64.5 Å². The summed E-state index contributed by atoms with van der Waals surface area (Å²) in [7, 11) is 0. The number of ether oxygens (including phenoxy) is 2. The van der Waals surface area contributed by atoms with Crippen LogP contribution in [0.1, 0.15) is 63.2 Å². The first-order valence-corrected chi connectivity index (χ1v) is 9.12. The molecule has 2 unspecified atom stereocenters. The molecule has 5 nitrogen and oxygen atoms in total. The monoisotopic (exact) mass is 345 g/mol. The fourth-order valence-electron chi connectivity index (χ4n) is 3.65. The molecule has 1 aromatic rings. The number of rotatable bonds is 4. The third kappa shape index (κ3) is 4.33. The molecular weight excluding hydrogens is 318 g/mol. The van der Waals surface area contributed by atoms with E-state index >= 15 is 0 Å². The molecular formula is C20H27NO4. The van der Waals surface area contributed by atoms with Crippen LogP contribution in [0.15, 0.2) is 18.2 Å². The van der Waals surface area contributed by atoms with Gasteiger partial charge >= 0.3 is 0 Å². The SMILES string of the molecule is CC1CCCCC1NC(=O)COc1ccc2c(c1)C(=O)CC(C)(C)O2. The minimum Gasteiger partial charge on any atom is -0.487 e. The lowest BCUT2D eigenvalue weighted by Crippen LogP contribution is -2.43. The van der Waals surface area contributed by atoms with Gasteiger partial charge in [-0.3, -0.25) is 9.59 Å². The third-order valence-corrected chi connectivity index (χ3v) is 5.05. The van der Waals surface area contributed by atoms with Crippen LogP contribution in [0, 0.1) is 5.92 Å². The summed E-state index contributed by atoms with van der Waals surface area (Å²) in [6.45, 7) is 5.94. The number of benzene rings is 1. The molecule has 0 aromatic heterocycles. The van der Waals surface area contributed by atoms with Crippen molar-refractivity contribution in [3.8, 4) is 11.5 Å². The zero-order valence-electron chi connectivity index (χ0n) is 15.3. The lowest BCUT2D eigenvalue weighted by Gasteiger charge is -2.31. The molecule has 1 aromatic carbocycles. The number of amides is 1. The van der Waals surface area contributed by atoms with Crippen LogP contribution in [-0.2, 0) is 4.79 Å². The van der Waals surface area contributed by atoms with Crippen molar-refractivity contribution in [3.05, 3.63) is 23.8 Å². The maximum atomic E-state index is 12.3. The van der Waals surface area contributed by atoms with E-state index in [2.05, 4.69) is 12.2 Å². The highest BCUT2D eigenvalue weighted by molar-refractivity contribution is 6.00. The van der Waals surface area contributed by atoms with E-state index < -0.39 is 5.60 Å². The van der Waals surface area contributed by atoms with Gasteiger partial charge in [0.1, 0.15) is 17.1 Å². The van der Waals surface area contributed by atoms with Gasteiger partial charge in [-0.1, -0.05) is 19.8 Å². The van der Waals surface area contributed by atoms with Gasteiger partial charge in [0.05, 0.1) is 12.0 Å². The van der Waals surface area contributed by atoms with Crippen molar-refractivity contribution in [1.29, 1.82) is 0 Å². The van der Waals surface area contributed by atoms with Crippen LogP contribution in [-0.4, -0.2) is 29.9 Å². The minimum atomic E-state index is -0.483. The van der Waals surface area contributed by atoms with Crippen LogP contribution in [0.5, 0.6) is 11.5 Å². The number of hydrogen-bond acceptors (Lipinski definition) is 4. The highest BCUT2D eigenvalue weighted by Gasteiger charge is 2.32. The van der Waals surface area contributed by atoms with Gasteiger partial charge in [-0.15, -0.1) is 0 Å². The molecule has 136 valence electrons. The number of ketones is 1. The van der Waals surface area contributed by atoms with Gasteiger partial charge in [-0.05, 0) is 50.8 Å². The van der Waals surface area contributed by atoms with E-state index in [0.717, 1.165) is 12.8 Å². The Morgan fingerprint density at radius 3 is 2.84 bits per heavy atom. The number of nitrogens with one attached hydrogen (secondary N) is 1. The van der Waals surface area contributed by atoms with Gasteiger partial charge < -0.3 is 14.8 Å². The molecule has 1 aliphatic heterocycles. The highest BCUT2D eigenvalue weighted by Crippen LogP contribution is 2.35. The van der Waals surface area contributed by atoms with Crippen molar-refractivity contribution in [1.82, 2.24) is 5.32 Å². The van der Waals surface area contributed by atoms with Crippen LogP contribution in [0.25, 0.3) is 0 Å². The molecule has 25 heavy (non-hydrogen) atoms. The number of hydrogen-bond donors (Lipinski definition) is 1. The standard InChI is InChI=1S/C20H27NO4/c1-13-6-4-5-7-16(13)21-19(23)12-24-14-8-9-18-15(10-14)17(22)11-20(2,3)25-18/h8-10,13,16H,4-7,11-12H2,1-3H3,(H,21,23). The van der Waals surface area contributed by atoms with E-state index in [1.165, 1.54) is 12.8 Å². The Kier molecular flexibility index (Phi) is 5.02. The summed E-state index contributed by atoms with van der Waals surface area (Å²) in [5, 5.41) is 3.07. The van der Waals surface area contributed by atoms with Gasteiger partial charge in [0.2, 0.25) is 0 Å². The van der Waals surface area contributed by atoms with Gasteiger partial charge in [-0.25, -0.2) is 0 Å². The van der Waals surface area contributed by atoms with Crippen molar-refractivity contribution in [2.75, 3.05) is 6.61 Å². The Labute approximate surface area is 149 Å². The molecule has 1 saturated carbocycles. The van der Waals surface area contributed by atoms with E-state index in [-0.39, 0.29) is 24.3 Å². The Balaban J connectivity index is 1.58. The summed E-state index contributed by atoms with van der Waals surface area (Å²) < 4.78 is 11.4. The summed E-state index contributed by atoms with van der Waals surface area (Å²) >= 11 is 0. The molecule has 1 heterocycles. The Hall–Kier alpha value is -2.04. The largest absolute Gasteiger partial charge is 0.487 e. The molecule has 2 aliphatic rings. The summed E-state index contributed by atoms with van der Waals surface area (Å²) in [5.41, 5.74) is 0.0429. The van der Waals surface area contributed by atoms with Crippen molar-refractivity contribution < 1.29 is 19.1 Å². The van der Waals surface area contributed by atoms with E-state index in [9.17, 15) is 9.59 Å². The topological polar surface area (TPSA) is 64.6 Å². The van der Waals surface area contributed by atoms with Crippen molar-refractivity contribution in [3.63, 3.8) is 0 Å². The zero-order valence-corrected chi connectivity index (χ0v) is 15.3. The van der Waals surface area contributed by atoms with Gasteiger partial charge in [0.25, 0.3) is 5.91 Å². The Bertz CT molecular complexity index is 668. The minimum absolute atomic E-state index is 0.0391. The molecule has 2 atom stereocenters.